The second-order valence-electron chi connectivity index (χ2n) is 4.08. The first-order chi connectivity index (χ1) is 8.84. The molecule has 0 aromatic carbocycles. The Kier molecular flexibility index (Phi) is 5.65. The topological polar surface area (TPSA) is 98.9 Å². The molecule has 0 saturated carbocycles. The fourth-order valence-electron chi connectivity index (χ4n) is 1.87. The fraction of sp³-hybridized carbons (Fsp3) is 0.800. The second kappa shape index (κ2) is 6.60. The first-order valence-corrected chi connectivity index (χ1v) is 7.73. The van der Waals surface area contributed by atoms with Gasteiger partial charge in [0.1, 0.15) is 5.25 Å². The lowest BCUT2D eigenvalue weighted by atomic mass is 10.3. The normalized spacial score (nSPS) is 22.7. The van der Waals surface area contributed by atoms with E-state index in [1.54, 1.807) is 6.92 Å². The van der Waals surface area contributed by atoms with E-state index >= 15 is 0 Å². The smallest absolute Gasteiger partial charge is 0.336 e. The number of carbonyl (C=O) groups excluding carboxylic acids is 1. The number of hydrogen-bond donors (Lipinski definition) is 1. The van der Waals surface area contributed by atoms with E-state index in [0.29, 0.717) is 0 Å². The average molecular weight is 310 g/mol. The van der Waals surface area contributed by atoms with Crippen LogP contribution in [0.3, 0.4) is 0 Å². The second-order valence-corrected chi connectivity index (χ2v) is 6.67. The minimum Gasteiger partial charge on any atom is -0.467 e. The van der Waals surface area contributed by atoms with Crippen molar-refractivity contribution in [2.75, 3.05) is 26.8 Å². The number of esters is 1. The summed E-state index contributed by atoms with van der Waals surface area (Å²) in [7, 11) is -2.44. The van der Waals surface area contributed by atoms with Crippen LogP contribution in [-0.4, -0.2) is 61.8 Å². The molecule has 0 radical (unpaired) electrons. The van der Waals surface area contributed by atoms with E-state index in [-0.39, 0.29) is 31.1 Å². The molecular formula is C10H18N2O5S2. The standard InChI is InChI=1S/C10H18N2O5S2/c1-3-8(9(11)18)19(14,15)12-4-5-17-7(6-12)10(13)16-2/h7-8H,3-6H2,1-2H3,(H2,11,18). The summed E-state index contributed by atoms with van der Waals surface area (Å²) in [5.74, 6) is -0.594. The van der Waals surface area contributed by atoms with E-state index in [2.05, 4.69) is 4.74 Å². The molecule has 1 rings (SSSR count). The Morgan fingerprint density at radius 1 is 1.63 bits per heavy atom. The lowest BCUT2D eigenvalue weighted by molar-refractivity contribution is -0.157. The van der Waals surface area contributed by atoms with Crippen LogP contribution in [0.25, 0.3) is 0 Å². The third-order valence-corrected chi connectivity index (χ3v) is 5.69. The molecule has 2 atom stereocenters. The van der Waals surface area contributed by atoms with Gasteiger partial charge in [-0.3, -0.25) is 0 Å². The lowest BCUT2D eigenvalue weighted by Crippen LogP contribution is -2.53. The molecule has 1 aliphatic rings. The Labute approximate surface area is 118 Å². The van der Waals surface area contributed by atoms with Crippen molar-refractivity contribution in [2.45, 2.75) is 24.7 Å². The van der Waals surface area contributed by atoms with E-state index < -0.39 is 27.3 Å². The number of sulfonamides is 1. The van der Waals surface area contributed by atoms with Crippen molar-refractivity contribution in [3.63, 3.8) is 0 Å². The summed E-state index contributed by atoms with van der Waals surface area (Å²) in [5, 5.41) is -0.918. The number of nitrogens with zero attached hydrogens (tertiary/aromatic N) is 1. The van der Waals surface area contributed by atoms with Crippen molar-refractivity contribution in [3.8, 4) is 0 Å². The van der Waals surface area contributed by atoms with E-state index in [1.165, 1.54) is 11.4 Å². The number of ether oxygens (including phenoxy) is 2. The van der Waals surface area contributed by atoms with E-state index in [0.717, 1.165) is 0 Å². The molecule has 0 aromatic rings. The van der Waals surface area contributed by atoms with Crippen LogP contribution in [0.5, 0.6) is 0 Å². The maximum absolute atomic E-state index is 12.4. The minimum absolute atomic E-state index is 0.0661. The largest absolute Gasteiger partial charge is 0.467 e. The van der Waals surface area contributed by atoms with E-state index in [9.17, 15) is 13.2 Å². The number of thiocarbonyl (C=S) groups is 1. The van der Waals surface area contributed by atoms with Crippen LogP contribution < -0.4 is 5.73 Å². The molecule has 9 heteroatoms. The molecule has 0 aliphatic carbocycles. The van der Waals surface area contributed by atoms with Gasteiger partial charge in [-0.1, -0.05) is 19.1 Å². The van der Waals surface area contributed by atoms with Crippen molar-refractivity contribution in [1.82, 2.24) is 4.31 Å². The Morgan fingerprint density at radius 3 is 2.74 bits per heavy atom. The Bertz CT molecular complexity index is 451. The molecular weight excluding hydrogens is 292 g/mol. The summed E-state index contributed by atoms with van der Waals surface area (Å²) < 4.78 is 35.7. The van der Waals surface area contributed by atoms with Gasteiger partial charge in [-0.15, -0.1) is 0 Å². The SMILES string of the molecule is CCC(C(N)=S)S(=O)(=O)N1CCOC(C(=O)OC)C1. The summed E-state index contributed by atoms with van der Waals surface area (Å²) in [6.07, 6.45) is -0.616. The number of methoxy groups -OCH3 is 1. The molecule has 1 fully saturated rings. The molecule has 0 aromatic heterocycles. The third-order valence-electron chi connectivity index (χ3n) is 2.90. The Hall–Kier alpha value is -0.770. The molecule has 1 aliphatic heterocycles. The number of nitrogens with two attached hydrogens (primary N) is 1. The minimum atomic E-state index is -3.67. The van der Waals surface area contributed by atoms with Crippen molar-refractivity contribution < 1.29 is 22.7 Å². The van der Waals surface area contributed by atoms with Crippen molar-refractivity contribution >= 4 is 33.2 Å². The highest BCUT2D eigenvalue weighted by Crippen LogP contribution is 2.17. The summed E-state index contributed by atoms with van der Waals surface area (Å²) in [5.41, 5.74) is 5.46. The summed E-state index contributed by atoms with van der Waals surface area (Å²) >= 11 is 4.79. The lowest BCUT2D eigenvalue weighted by Gasteiger charge is -2.32. The first-order valence-electron chi connectivity index (χ1n) is 5.82. The van der Waals surface area contributed by atoms with Gasteiger partial charge in [0, 0.05) is 6.54 Å². The monoisotopic (exact) mass is 310 g/mol. The number of hydrogen-bond acceptors (Lipinski definition) is 6. The fourth-order valence-corrected chi connectivity index (χ4v) is 4.15. The maximum Gasteiger partial charge on any atom is 0.336 e. The van der Waals surface area contributed by atoms with Gasteiger partial charge in [0.05, 0.1) is 25.2 Å². The molecule has 19 heavy (non-hydrogen) atoms. The van der Waals surface area contributed by atoms with Gasteiger partial charge in [-0.05, 0) is 6.42 Å². The van der Waals surface area contributed by atoms with Crippen molar-refractivity contribution in [2.24, 2.45) is 5.73 Å². The predicted molar refractivity (Wildman–Crippen MR) is 73.1 cm³/mol. The highest BCUT2D eigenvalue weighted by Gasteiger charge is 2.38. The first kappa shape index (κ1) is 16.3. The zero-order valence-electron chi connectivity index (χ0n) is 10.9. The molecule has 0 amide bonds. The predicted octanol–water partition coefficient (Wildman–Crippen LogP) is -0.745. The maximum atomic E-state index is 12.4. The third kappa shape index (κ3) is 3.62. The zero-order chi connectivity index (χ0) is 14.6. The highest BCUT2D eigenvalue weighted by atomic mass is 32.2. The molecule has 2 unspecified atom stereocenters. The van der Waals surface area contributed by atoms with Gasteiger partial charge in [0.2, 0.25) is 10.0 Å². The zero-order valence-corrected chi connectivity index (χ0v) is 12.5. The van der Waals surface area contributed by atoms with Gasteiger partial charge >= 0.3 is 5.97 Å². The average Bonchev–Trinajstić information content (AvgIpc) is 2.38. The number of rotatable bonds is 5. The summed E-state index contributed by atoms with van der Waals surface area (Å²) in [6, 6.07) is 0. The number of morpholine rings is 1. The van der Waals surface area contributed by atoms with Gasteiger partial charge in [0.15, 0.2) is 6.10 Å². The van der Waals surface area contributed by atoms with Gasteiger partial charge < -0.3 is 15.2 Å². The van der Waals surface area contributed by atoms with Crippen molar-refractivity contribution in [3.05, 3.63) is 0 Å². The molecule has 0 bridgehead atoms. The summed E-state index contributed by atoms with van der Waals surface area (Å²) in [4.78, 5) is 11.3. The quantitative estimate of drug-likeness (QED) is 0.527. The molecule has 1 saturated heterocycles. The van der Waals surface area contributed by atoms with Crippen molar-refractivity contribution in [1.29, 1.82) is 0 Å². The van der Waals surface area contributed by atoms with Gasteiger partial charge in [0.25, 0.3) is 0 Å². The number of carbonyl (C=O) groups is 1. The van der Waals surface area contributed by atoms with Gasteiger partial charge in [-0.25, -0.2) is 13.2 Å². The van der Waals surface area contributed by atoms with Crippen LogP contribution in [0.2, 0.25) is 0 Å². The Morgan fingerprint density at radius 2 is 2.26 bits per heavy atom. The van der Waals surface area contributed by atoms with Gasteiger partial charge in [-0.2, -0.15) is 4.31 Å². The molecule has 1 heterocycles. The molecule has 7 nitrogen and oxygen atoms in total. The Balaban J connectivity index is 2.89. The molecule has 2 N–H and O–H groups in total. The van der Waals surface area contributed by atoms with Crippen LogP contribution in [0.4, 0.5) is 0 Å². The van der Waals surface area contributed by atoms with E-state index in [4.69, 9.17) is 22.7 Å². The highest BCUT2D eigenvalue weighted by molar-refractivity contribution is 7.92. The van der Waals surface area contributed by atoms with Crippen LogP contribution in [0.1, 0.15) is 13.3 Å². The molecule has 110 valence electrons. The van der Waals surface area contributed by atoms with E-state index in [1.807, 2.05) is 0 Å². The summed E-state index contributed by atoms with van der Waals surface area (Å²) in [6.45, 7) is 1.93. The van der Waals surface area contributed by atoms with Crippen LogP contribution >= 0.6 is 12.2 Å². The van der Waals surface area contributed by atoms with Crippen LogP contribution in [0.15, 0.2) is 0 Å². The molecule has 0 spiro atoms. The van der Waals surface area contributed by atoms with Crippen LogP contribution in [0, 0.1) is 0 Å². The van der Waals surface area contributed by atoms with Crippen LogP contribution in [-0.2, 0) is 24.3 Å².